The minimum absolute atomic E-state index is 0.0917. The van der Waals surface area contributed by atoms with Gasteiger partial charge in [0.15, 0.2) is 0 Å². The van der Waals surface area contributed by atoms with Gasteiger partial charge in [-0.3, -0.25) is 9.78 Å². The molecule has 2 aromatic rings. The summed E-state index contributed by atoms with van der Waals surface area (Å²) in [6, 6.07) is 9.02. The second-order valence-corrected chi connectivity index (χ2v) is 6.37. The zero-order valence-corrected chi connectivity index (χ0v) is 13.3. The number of pyridine rings is 1. The van der Waals surface area contributed by atoms with Gasteiger partial charge in [0, 0.05) is 37.3 Å². The van der Waals surface area contributed by atoms with Crippen molar-refractivity contribution in [3.05, 3.63) is 54.4 Å². The second kappa shape index (κ2) is 7.82. The molecule has 0 unspecified atom stereocenters. The van der Waals surface area contributed by atoms with Gasteiger partial charge in [0.2, 0.25) is 10.0 Å². The summed E-state index contributed by atoms with van der Waals surface area (Å²) < 4.78 is 31.2. The molecular weight excluding hydrogens is 318 g/mol. The Hall–Kier alpha value is -2.29. The number of ether oxygens (including phenoxy) is 1. The zero-order chi connectivity index (χ0) is 16.7. The first kappa shape index (κ1) is 17.1. The van der Waals surface area contributed by atoms with E-state index in [0.29, 0.717) is 11.3 Å². The first-order valence-corrected chi connectivity index (χ1v) is 8.31. The molecule has 7 nitrogen and oxygen atoms in total. The molecule has 1 amide bonds. The minimum atomic E-state index is -3.60. The van der Waals surface area contributed by atoms with Crippen LogP contribution in [0, 0.1) is 0 Å². The Morgan fingerprint density at radius 3 is 2.39 bits per heavy atom. The molecule has 1 aromatic carbocycles. The molecule has 0 aliphatic rings. The second-order valence-electron chi connectivity index (χ2n) is 4.60. The predicted molar refractivity (Wildman–Crippen MR) is 85.7 cm³/mol. The smallest absolute Gasteiger partial charge is 0.255 e. The quantitative estimate of drug-likeness (QED) is 0.743. The number of anilines is 1. The molecule has 1 aromatic heterocycles. The molecule has 0 bridgehead atoms. The van der Waals surface area contributed by atoms with E-state index in [1.165, 1.54) is 31.4 Å². The highest BCUT2D eigenvalue weighted by atomic mass is 32.2. The summed E-state index contributed by atoms with van der Waals surface area (Å²) in [5.74, 6) is -0.326. The van der Waals surface area contributed by atoms with Gasteiger partial charge in [-0.05, 0) is 36.4 Å². The van der Waals surface area contributed by atoms with Gasteiger partial charge in [-0.15, -0.1) is 0 Å². The molecule has 1 heterocycles. The van der Waals surface area contributed by atoms with Crippen molar-refractivity contribution >= 4 is 21.6 Å². The Kier molecular flexibility index (Phi) is 5.80. The van der Waals surface area contributed by atoms with E-state index < -0.39 is 10.0 Å². The van der Waals surface area contributed by atoms with Gasteiger partial charge >= 0.3 is 0 Å². The molecule has 0 aliphatic carbocycles. The molecule has 0 fully saturated rings. The predicted octanol–water partition coefficient (Wildman–Crippen LogP) is 1.26. The van der Waals surface area contributed by atoms with Crippen LogP contribution in [0.15, 0.2) is 53.7 Å². The number of hydrogen-bond acceptors (Lipinski definition) is 5. The summed E-state index contributed by atoms with van der Waals surface area (Å²) >= 11 is 0. The molecule has 122 valence electrons. The van der Waals surface area contributed by atoms with E-state index in [2.05, 4.69) is 15.0 Å². The molecule has 8 heteroatoms. The van der Waals surface area contributed by atoms with Crippen molar-refractivity contribution < 1.29 is 17.9 Å². The van der Waals surface area contributed by atoms with Crippen molar-refractivity contribution in [2.24, 2.45) is 0 Å². The van der Waals surface area contributed by atoms with Crippen molar-refractivity contribution in [1.82, 2.24) is 9.71 Å². The summed E-state index contributed by atoms with van der Waals surface area (Å²) in [4.78, 5) is 16.0. The fourth-order valence-electron chi connectivity index (χ4n) is 1.79. The maximum absolute atomic E-state index is 12.1. The number of nitrogens with zero attached hydrogens (tertiary/aromatic N) is 1. The summed E-state index contributed by atoms with van der Waals surface area (Å²) in [6.45, 7) is 0.467. The van der Waals surface area contributed by atoms with Crippen LogP contribution in [0.25, 0.3) is 0 Å². The van der Waals surface area contributed by atoms with E-state index in [-0.39, 0.29) is 24.0 Å². The van der Waals surface area contributed by atoms with Crippen LogP contribution in [0.4, 0.5) is 5.69 Å². The van der Waals surface area contributed by atoms with Crippen molar-refractivity contribution in [1.29, 1.82) is 0 Å². The SMILES string of the molecule is COCCNS(=O)(=O)c1ccc(C(=O)Nc2ccncc2)cc1. The Morgan fingerprint density at radius 1 is 1.13 bits per heavy atom. The minimum Gasteiger partial charge on any atom is -0.383 e. The van der Waals surface area contributed by atoms with E-state index in [4.69, 9.17) is 4.74 Å². The highest BCUT2D eigenvalue weighted by molar-refractivity contribution is 7.89. The number of carbonyl (C=O) groups excluding carboxylic acids is 1. The van der Waals surface area contributed by atoms with Crippen molar-refractivity contribution in [3.63, 3.8) is 0 Å². The first-order chi connectivity index (χ1) is 11.0. The number of carbonyl (C=O) groups is 1. The van der Waals surface area contributed by atoms with Crippen LogP contribution in [-0.2, 0) is 14.8 Å². The third-order valence-corrected chi connectivity index (χ3v) is 4.44. The van der Waals surface area contributed by atoms with Crippen molar-refractivity contribution in [2.45, 2.75) is 4.90 Å². The molecule has 0 atom stereocenters. The van der Waals surface area contributed by atoms with Crippen LogP contribution in [-0.4, -0.2) is 39.6 Å². The van der Waals surface area contributed by atoms with Gasteiger partial charge in [0.25, 0.3) is 5.91 Å². The topological polar surface area (TPSA) is 97.4 Å². The monoisotopic (exact) mass is 335 g/mol. The van der Waals surface area contributed by atoms with Gasteiger partial charge < -0.3 is 10.1 Å². The fraction of sp³-hybridized carbons (Fsp3) is 0.200. The molecule has 0 saturated carbocycles. The highest BCUT2D eigenvalue weighted by Gasteiger charge is 2.14. The van der Waals surface area contributed by atoms with Crippen LogP contribution in [0.1, 0.15) is 10.4 Å². The molecule has 0 aliphatic heterocycles. The Bertz CT molecular complexity index is 746. The van der Waals surface area contributed by atoms with Crippen LogP contribution >= 0.6 is 0 Å². The number of methoxy groups -OCH3 is 1. The number of hydrogen-bond donors (Lipinski definition) is 2. The molecule has 0 radical (unpaired) electrons. The summed E-state index contributed by atoms with van der Waals surface area (Å²) in [7, 11) is -2.11. The number of nitrogens with one attached hydrogen (secondary N) is 2. The Labute approximate surface area is 134 Å². The largest absolute Gasteiger partial charge is 0.383 e. The highest BCUT2D eigenvalue weighted by Crippen LogP contribution is 2.12. The Balaban J connectivity index is 2.05. The maximum atomic E-state index is 12.1. The third kappa shape index (κ3) is 4.85. The molecular formula is C15H17N3O4S. The lowest BCUT2D eigenvalue weighted by molar-refractivity contribution is 0.102. The van der Waals surface area contributed by atoms with Gasteiger partial charge in [0.1, 0.15) is 0 Å². The summed E-state index contributed by atoms with van der Waals surface area (Å²) in [5.41, 5.74) is 0.973. The first-order valence-electron chi connectivity index (χ1n) is 6.83. The maximum Gasteiger partial charge on any atom is 0.255 e. The van der Waals surface area contributed by atoms with Crippen LogP contribution in [0.2, 0.25) is 0 Å². The average Bonchev–Trinajstić information content (AvgIpc) is 2.56. The van der Waals surface area contributed by atoms with E-state index in [0.717, 1.165) is 0 Å². The lowest BCUT2D eigenvalue weighted by Gasteiger charge is -2.08. The Morgan fingerprint density at radius 2 is 1.78 bits per heavy atom. The third-order valence-electron chi connectivity index (χ3n) is 2.96. The standard InChI is InChI=1S/C15H17N3O4S/c1-22-11-10-17-23(20,21)14-4-2-12(3-5-14)15(19)18-13-6-8-16-9-7-13/h2-9,17H,10-11H2,1H3,(H,16,18,19). The average molecular weight is 335 g/mol. The number of rotatable bonds is 7. The number of amides is 1. The molecule has 0 saturated heterocycles. The summed E-state index contributed by atoms with van der Waals surface area (Å²) in [5, 5.41) is 2.70. The molecule has 2 N–H and O–H groups in total. The van der Waals surface area contributed by atoms with E-state index in [1.54, 1.807) is 24.5 Å². The molecule has 23 heavy (non-hydrogen) atoms. The van der Waals surface area contributed by atoms with E-state index >= 15 is 0 Å². The normalized spacial score (nSPS) is 11.2. The summed E-state index contributed by atoms with van der Waals surface area (Å²) in [6.07, 6.45) is 3.13. The van der Waals surface area contributed by atoms with E-state index in [1.807, 2.05) is 0 Å². The van der Waals surface area contributed by atoms with Crippen LogP contribution < -0.4 is 10.0 Å². The van der Waals surface area contributed by atoms with Gasteiger partial charge in [-0.1, -0.05) is 0 Å². The van der Waals surface area contributed by atoms with Crippen molar-refractivity contribution in [3.8, 4) is 0 Å². The number of benzene rings is 1. The fourth-order valence-corrected chi connectivity index (χ4v) is 2.80. The molecule has 0 spiro atoms. The zero-order valence-electron chi connectivity index (χ0n) is 12.5. The van der Waals surface area contributed by atoms with Gasteiger partial charge in [-0.2, -0.15) is 0 Å². The van der Waals surface area contributed by atoms with Crippen LogP contribution in [0.5, 0.6) is 0 Å². The van der Waals surface area contributed by atoms with Crippen molar-refractivity contribution in [2.75, 3.05) is 25.6 Å². The number of sulfonamides is 1. The van der Waals surface area contributed by atoms with Gasteiger partial charge in [0.05, 0.1) is 11.5 Å². The lowest BCUT2D eigenvalue weighted by atomic mass is 10.2. The van der Waals surface area contributed by atoms with E-state index in [9.17, 15) is 13.2 Å². The van der Waals surface area contributed by atoms with Gasteiger partial charge in [-0.25, -0.2) is 13.1 Å². The number of aromatic nitrogens is 1. The lowest BCUT2D eigenvalue weighted by Crippen LogP contribution is -2.27. The molecule has 2 rings (SSSR count). The van der Waals surface area contributed by atoms with Crippen LogP contribution in [0.3, 0.4) is 0 Å².